The predicted molar refractivity (Wildman–Crippen MR) is 92.1 cm³/mol. The summed E-state index contributed by atoms with van der Waals surface area (Å²) in [6.45, 7) is 5.63. The maximum absolute atomic E-state index is 12.3. The quantitative estimate of drug-likeness (QED) is 0.836. The van der Waals surface area contributed by atoms with Crippen LogP contribution in [0.25, 0.3) is 0 Å². The SMILES string of the molecule is CC1CCN(CC(=O)N(C)Cc2ccc(N(C)C)cc2)CC1. The van der Waals surface area contributed by atoms with Gasteiger partial charge in [-0.2, -0.15) is 0 Å². The molecule has 122 valence electrons. The van der Waals surface area contributed by atoms with Gasteiger partial charge in [0, 0.05) is 33.4 Å². The van der Waals surface area contributed by atoms with E-state index in [2.05, 4.69) is 41.0 Å². The fourth-order valence-corrected chi connectivity index (χ4v) is 2.79. The van der Waals surface area contributed by atoms with Gasteiger partial charge in [0.15, 0.2) is 0 Å². The molecule has 1 amide bonds. The molecule has 0 bridgehead atoms. The molecule has 0 aromatic heterocycles. The van der Waals surface area contributed by atoms with Crippen LogP contribution < -0.4 is 4.90 Å². The number of nitrogens with zero attached hydrogens (tertiary/aromatic N) is 3. The van der Waals surface area contributed by atoms with Gasteiger partial charge in [0.1, 0.15) is 0 Å². The van der Waals surface area contributed by atoms with Gasteiger partial charge in [0.2, 0.25) is 5.91 Å². The van der Waals surface area contributed by atoms with Crippen LogP contribution in [-0.2, 0) is 11.3 Å². The van der Waals surface area contributed by atoms with Gasteiger partial charge in [0.05, 0.1) is 6.54 Å². The number of carbonyl (C=O) groups is 1. The van der Waals surface area contributed by atoms with Gasteiger partial charge in [-0.3, -0.25) is 9.69 Å². The van der Waals surface area contributed by atoms with Crippen LogP contribution in [0, 0.1) is 5.92 Å². The summed E-state index contributed by atoms with van der Waals surface area (Å²) in [7, 11) is 5.96. The van der Waals surface area contributed by atoms with E-state index < -0.39 is 0 Å². The summed E-state index contributed by atoms with van der Waals surface area (Å²) in [5.74, 6) is 1.02. The molecule has 1 saturated heterocycles. The average Bonchev–Trinajstić information content (AvgIpc) is 2.50. The smallest absolute Gasteiger partial charge is 0.236 e. The van der Waals surface area contributed by atoms with Crippen LogP contribution in [0.5, 0.6) is 0 Å². The molecule has 1 aromatic carbocycles. The van der Waals surface area contributed by atoms with Crippen LogP contribution in [0.15, 0.2) is 24.3 Å². The zero-order valence-corrected chi connectivity index (χ0v) is 14.4. The van der Waals surface area contributed by atoms with E-state index in [9.17, 15) is 4.79 Å². The van der Waals surface area contributed by atoms with E-state index in [0.29, 0.717) is 13.1 Å². The summed E-state index contributed by atoms with van der Waals surface area (Å²) >= 11 is 0. The first kappa shape index (κ1) is 16.8. The number of carbonyl (C=O) groups excluding carboxylic acids is 1. The van der Waals surface area contributed by atoms with Gasteiger partial charge in [-0.1, -0.05) is 19.1 Å². The van der Waals surface area contributed by atoms with Crippen molar-refractivity contribution >= 4 is 11.6 Å². The summed E-state index contributed by atoms with van der Waals surface area (Å²) < 4.78 is 0. The molecule has 4 nitrogen and oxygen atoms in total. The molecular formula is C18H29N3O. The topological polar surface area (TPSA) is 26.8 Å². The van der Waals surface area contributed by atoms with E-state index in [1.54, 1.807) is 0 Å². The molecule has 0 spiro atoms. The Morgan fingerprint density at radius 1 is 1.14 bits per heavy atom. The Morgan fingerprint density at radius 3 is 2.27 bits per heavy atom. The van der Waals surface area contributed by atoms with Gasteiger partial charge < -0.3 is 9.80 Å². The van der Waals surface area contributed by atoms with Crippen LogP contribution >= 0.6 is 0 Å². The third-order valence-corrected chi connectivity index (χ3v) is 4.53. The van der Waals surface area contributed by atoms with E-state index in [-0.39, 0.29) is 5.91 Å². The minimum Gasteiger partial charge on any atom is -0.378 e. The highest BCUT2D eigenvalue weighted by Crippen LogP contribution is 2.16. The van der Waals surface area contributed by atoms with Crippen molar-refractivity contribution in [3.8, 4) is 0 Å². The summed E-state index contributed by atoms with van der Waals surface area (Å²) in [4.78, 5) is 18.5. The minimum atomic E-state index is 0.214. The first-order valence-electron chi connectivity index (χ1n) is 8.18. The number of anilines is 1. The Morgan fingerprint density at radius 2 is 1.73 bits per heavy atom. The lowest BCUT2D eigenvalue weighted by atomic mass is 9.99. The van der Waals surface area contributed by atoms with Crippen LogP contribution in [0.2, 0.25) is 0 Å². The lowest BCUT2D eigenvalue weighted by Gasteiger charge is -2.31. The monoisotopic (exact) mass is 303 g/mol. The van der Waals surface area contributed by atoms with E-state index in [1.807, 2.05) is 26.0 Å². The van der Waals surface area contributed by atoms with Crippen molar-refractivity contribution in [1.82, 2.24) is 9.80 Å². The minimum absolute atomic E-state index is 0.214. The summed E-state index contributed by atoms with van der Waals surface area (Å²) in [5, 5.41) is 0. The van der Waals surface area contributed by atoms with Crippen LogP contribution in [0.1, 0.15) is 25.3 Å². The molecule has 4 heteroatoms. The lowest BCUT2D eigenvalue weighted by Crippen LogP contribution is -2.41. The molecule has 0 radical (unpaired) electrons. The molecule has 1 fully saturated rings. The van der Waals surface area contributed by atoms with Gasteiger partial charge in [0.25, 0.3) is 0 Å². The molecule has 0 aliphatic carbocycles. The molecule has 1 aromatic rings. The van der Waals surface area contributed by atoms with Crippen molar-refractivity contribution in [2.24, 2.45) is 5.92 Å². The second kappa shape index (κ2) is 7.63. The van der Waals surface area contributed by atoms with Crippen molar-refractivity contribution < 1.29 is 4.79 Å². The number of piperidine rings is 1. The van der Waals surface area contributed by atoms with Crippen molar-refractivity contribution in [2.45, 2.75) is 26.3 Å². The number of likely N-dealkylation sites (N-methyl/N-ethyl adjacent to an activating group) is 1. The summed E-state index contributed by atoms with van der Waals surface area (Å²) in [5.41, 5.74) is 2.36. The number of benzene rings is 1. The number of hydrogen-bond donors (Lipinski definition) is 0. The highest BCUT2D eigenvalue weighted by Gasteiger charge is 2.19. The Hall–Kier alpha value is -1.55. The van der Waals surface area contributed by atoms with Gasteiger partial charge in [-0.05, 0) is 49.5 Å². The molecule has 0 unspecified atom stereocenters. The molecular weight excluding hydrogens is 274 g/mol. The second-order valence-electron chi connectivity index (χ2n) is 6.77. The highest BCUT2D eigenvalue weighted by molar-refractivity contribution is 5.78. The highest BCUT2D eigenvalue weighted by atomic mass is 16.2. The maximum atomic E-state index is 12.3. The van der Waals surface area contributed by atoms with Gasteiger partial charge in [-0.25, -0.2) is 0 Å². The van der Waals surface area contributed by atoms with E-state index >= 15 is 0 Å². The Kier molecular flexibility index (Phi) is 5.83. The van der Waals surface area contributed by atoms with Crippen LogP contribution in [0.3, 0.4) is 0 Å². The van der Waals surface area contributed by atoms with Crippen LogP contribution in [-0.4, -0.2) is 56.5 Å². The second-order valence-corrected chi connectivity index (χ2v) is 6.77. The first-order valence-corrected chi connectivity index (χ1v) is 8.18. The normalized spacial score (nSPS) is 16.5. The van der Waals surface area contributed by atoms with E-state index in [4.69, 9.17) is 0 Å². The van der Waals surface area contributed by atoms with E-state index in [0.717, 1.165) is 19.0 Å². The number of amides is 1. The van der Waals surface area contributed by atoms with Crippen molar-refractivity contribution in [2.75, 3.05) is 45.7 Å². The standard InChI is InChI=1S/C18H29N3O/c1-15-9-11-21(12-10-15)14-18(22)20(4)13-16-5-7-17(8-6-16)19(2)3/h5-8,15H,9-14H2,1-4H3. The Labute approximate surface area is 134 Å². The summed E-state index contributed by atoms with van der Waals surface area (Å²) in [6.07, 6.45) is 2.42. The first-order chi connectivity index (χ1) is 10.5. The fraction of sp³-hybridized carbons (Fsp3) is 0.611. The van der Waals surface area contributed by atoms with Gasteiger partial charge >= 0.3 is 0 Å². The van der Waals surface area contributed by atoms with Crippen molar-refractivity contribution in [3.63, 3.8) is 0 Å². The molecule has 1 heterocycles. The zero-order chi connectivity index (χ0) is 16.1. The zero-order valence-electron chi connectivity index (χ0n) is 14.4. The Balaban J connectivity index is 1.83. The van der Waals surface area contributed by atoms with Crippen molar-refractivity contribution in [1.29, 1.82) is 0 Å². The molecule has 0 atom stereocenters. The molecule has 2 rings (SSSR count). The third kappa shape index (κ3) is 4.73. The number of hydrogen-bond acceptors (Lipinski definition) is 3. The van der Waals surface area contributed by atoms with Crippen LogP contribution in [0.4, 0.5) is 5.69 Å². The lowest BCUT2D eigenvalue weighted by molar-refractivity contribution is -0.132. The average molecular weight is 303 g/mol. The largest absolute Gasteiger partial charge is 0.378 e. The molecule has 0 N–H and O–H groups in total. The third-order valence-electron chi connectivity index (χ3n) is 4.53. The number of likely N-dealkylation sites (tertiary alicyclic amines) is 1. The van der Waals surface area contributed by atoms with E-state index in [1.165, 1.54) is 24.1 Å². The Bertz CT molecular complexity index is 476. The fourth-order valence-electron chi connectivity index (χ4n) is 2.79. The summed E-state index contributed by atoms with van der Waals surface area (Å²) in [6, 6.07) is 8.39. The molecule has 1 aliphatic heterocycles. The molecule has 1 aliphatic rings. The predicted octanol–water partition coefficient (Wildman–Crippen LogP) is 2.44. The molecule has 0 saturated carbocycles. The van der Waals surface area contributed by atoms with Gasteiger partial charge in [-0.15, -0.1) is 0 Å². The van der Waals surface area contributed by atoms with Crippen molar-refractivity contribution in [3.05, 3.63) is 29.8 Å². The maximum Gasteiger partial charge on any atom is 0.236 e. The number of rotatable bonds is 5. The molecule has 22 heavy (non-hydrogen) atoms.